The number of aliphatic hydroxyl groups excluding tert-OH is 1. The van der Waals surface area contributed by atoms with Gasteiger partial charge in [-0.05, 0) is 66.2 Å². The van der Waals surface area contributed by atoms with Crippen molar-refractivity contribution in [3.05, 3.63) is 24.0 Å². The van der Waals surface area contributed by atoms with Crippen LogP contribution in [0.2, 0.25) is 0 Å². The molecule has 3 aliphatic heterocycles. The molecule has 23 heteroatoms. The highest BCUT2D eigenvalue weighted by Crippen LogP contribution is 2.36. The van der Waals surface area contributed by atoms with Crippen LogP contribution in [0.5, 0.6) is 0 Å². The minimum atomic E-state index is -5.47. The average Bonchev–Trinajstić information content (AvgIpc) is 3.05. The zero-order valence-corrected chi connectivity index (χ0v) is 32.4. The van der Waals surface area contributed by atoms with Crippen molar-refractivity contribution in [1.29, 1.82) is 0 Å². The minimum Gasteiger partial charge on any atom is -0.444 e. The van der Waals surface area contributed by atoms with Crippen molar-refractivity contribution in [2.45, 2.75) is 108 Å². The number of hydrogen-bond donors (Lipinski definition) is 4. The van der Waals surface area contributed by atoms with E-state index in [1.54, 1.807) is 0 Å². The largest absolute Gasteiger partial charge is 0.444 e. The topological polar surface area (TPSA) is 190 Å². The van der Waals surface area contributed by atoms with Crippen LogP contribution in [0, 0.1) is 5.82 Å². The molecule has 1 aromatic rings. The number of anilines is 2. The summed E-state index contributed by atoms with van der Waals surface area (Å²) < 4.78 is 114. The van der Waals surface area contributed by atoms with Crippen molar-refractivity contribution < 1.29 is 74.1 Å². The lowest BCUT2D eigenvalue weighted by Gasteiger charge is -2.49. The van der Waals surface area contributed by atoms with Gasteiger partial charge in [0.05, 0.1) is 6.54 Å². The summed E-state index contributed by atoms with van der Waals surface area (Å²) in [6.07, 6.45) is -16.2. The van der Waals surface area contributed by atoms with Crippen molar-refractivity contribution in [1.82, 2.24) is 24.9 Å². The second-order valence-corrected chi connectivity index (χ2v) is 16.0. The van der Waals surface area contributed by atoms with Gasteiger partial charge in [0.15, 0.2) is 6.23 Å². The SMILES string of the molecule is CC(C)(C)OC(=O)N1CCN(C(O)C(=O)C2C(C(F)(F)F)N(CC(=O)Nc3cc(F)cc(NC4CCC(=O)NC4=O)c3)CCN2C(=O)OC(C)(C)C)C(C(F)(F)F)C1. The lowest BCUT2D eigenvalue weighted by molar-refractivity contribution is -0.227. The number of benzene rings is 1. The number of aliphatic hydroxyl groups is 1. The van der Waals surface area contributed by atoms with Crippen LogP contribution in [0.15, 0.2) is 18.2 Å². The second-order valence-electron chi connectivity index (χ2n) is 16.0. The highest BCUT2D eigenvalue weighted by molar-refractivity contribution is 6.01. The maximum atomic E-state index is 15.1. The van der Waals surface area contributed by atoms with Gasteiger partial charge in [0.1, 0.15) is 41.2 Å². The lowest BCUT2D eigenvalue weighted by atomic mass is 9.94. The molecule has 5 amide bonds. The molecule has 3 saturated heterocycles. The number of rotatable bonds is 8. The number of hydrogen-bond acceptors (Lipinski definition) is 12. The second kappa shape index (κ2) is 17.2. The van der Waals surface area contributed by atoms with Crippen LogP contribution in [0.3, 0.4) is 0 Å². The number of carbonyl (C=O) groups is 6. The molecule has 0 saturated carbocycles. The molecule has 5 atom stereocenters. The number of ether oxygens (including phenoxy) is 2. The number of piperidine rings is 1. The van der Waals surface area contributed by atoms with Crippen LogP contribution in [0.1, 0.15) is 54.4 Å². The van der Waals surface area contributed by atoms with Crippen LogP contribution in [-0.2, 0) is 28.7 Å². The van der Waals surface area contributed by atoms with Crippen molar-refractivity contribution >= 4 is 47.1 Å². The number of halogens is 7. The molecular weight excluding hydrogens is 795 g/mol. The summed E-state index contributed by atoms with van der Waals surface area (Å²) in [5, 5.41) is 18.3. The summed E-state index contributed by atoms with van der Waals surface area (Å²) in [6.45, 7) is 3.34. The minimum absolute atomic E-state index is 0.0158. The number of carbonyl (C=O) groups excluding carboxylic acids is 6. The third kappa shape index (κ3) is 11.9. The Morgan fingerprint density at radius 1 is 0.862 bits per heavy atom. The Bertz CT molecular complexity index is 1750. The van der Waals surface area contributed by atoms with Gasteiger partial charge < -0.3 is 30.1 Å². The summed E-state index contributed by atoms with van der Waals surface area (Å²) in [5.41, 5.74) is -2.74. The van der Waals surface area contributed by atoms with E-state index in [1.165, 1.54) is 41.5 Å². The maximum Gasteiger partial charge on any atom is 0.411 e. The van der Waals surface area contributed by atoms with Gasteiger partial charge in [-0.1, -0.05) is 0 Å². The van der Waals surface area contributed by atoms with Crippen molar-refractivity contribution in [3.63, 3.8) is 0 Å². The Hall–Kier alpha value is -4.77. The van der Waals surface area contributed by atoms with E-state index in [9.17, 15) is 51.4 Å². The normalized spacial score (nSPS) is 23.5. The van der Waals surface area contributed by atoms with E-state index in [1.807, 2.05) is 0 Å². The number of imide groups is 1. The summed E-state index contributed by atoms with van der Waals surface area (Å²) in [7, 11) is 0. The molecule has 324 valence electrons. The zero-order chi connectivity index (χ0) is 43.7. The summed E-state index contributed by atoms with van der Waals surface area (Å²) in [6, 6.07) is -6.64. The van der Waals surface area contributed by atoms with Gasteiger partial charge in [-0.2, -0.15) is 26.3 Å². The number of piperazine rings is 2. The number of amides is 5. The molecule has 58 heavy (non-hydrogen) atoms. The number of nitrogens with one attached hydrogen (secondary N) is 3. The molecule has 16 nitrogen and oxygen atoms in total. The predicted molar refractivity (Wildman–Crippen MR) is 188 cm³/mol. The first-order valence-electron chi connectivity index (χ1n) is 18.1. The number of nitrogens with zero attached hydrogens (tertiary/aromatic N) is 4. The van der Waals surface area contributed by atoms with E-state index in [0.717, 1.165) is 18.2 Å². The highest BCUT2D eigenvalue weighted by Gasteiger charge is 2.59. The Morgan fingerprint density at radius 2 is 1.47 bits per heavy atom. The Balaban J connectivity index is 1.63. The molecule has 5 unspecified atom stereocenters. The molecule has 3 fully saturated rings. The van der Waals surface area contributed by atoms with E-state index in [2.05, 4.69) is 16.0 Å². The molecule has 3 heterocycles. The molecule has 3 aliphatic rings. The first-order chi connectivity index (χ1) is 26.5. The van der Waals surface area contributed by atoms with Crippen LogP contribution in [0.25, 0.3) is 0 Å². The molecule has 0 aromatic heterocycles. The number of alkyl halides is 6. The fraction of sp³-hybridized carbons (Fsp3) is 0.657. The van der Waals surface area contributed by atoms with E-state index in [4.69, 9.17) is 9.47 Å². The summed E-state index contributed by atoms with van der Waals surface area (Å²) >= 11 is 0. The Morgan fingerprint density at radius 3 is 2.03 bits per heavy atom. The molecular formula is C35H46F7N7O9. The fourth-order valence-corrected chi connectivity index (χ4v) is 6.63. The van der Waals surface area contributed by atoms with E-state index in [-0.39, 0.29) is 29.1 Å². The molecule has 0 radical (unpaired) electrons. The highest BCUT2D eigenvalue weighted by atomic mass is 19.4. The average molecular weight is 842 g/mol. The fourth-order valence-electron chi connectivity index (χ4n) is 6.63. The molecule has 0 spiro atoms. The summed E-state index contributed by atoms with van der Waals surface area (Å²) in [4.78, 5) is 78.6. The van der Waals surface area contributed by atoms with Gasteiger partial charge in [0, 0.05) is 50.5 Å². The molecule has 1 aromatic carbocycles. The molecule has 4 N–H and O–H groups in total. The van der Waals surface area contributed by atoms with Crippen molar-refractivity contribution in [2.75, 3.05) is 49.9 Å². The van der Waals surface area contributed by atoms with Gasteiger partial charge in [0.25, 0.3) is 0 Å². The standard InChI is InChI=1S/C35H46F7N7O9/c1-32(2,3)57-30(55)47-10-11-48(22(16-47)34(37,38)39)29(54)26(52)25-27(35(40,41)42)46(9-12-49(25)31(56)58-33(4,5)6)17-24(51)44-20-14-18(36)13-19(15-20)43-21-7-8-23(50)45-28(21)53/h13-15,21-22,25,27,29,43,54H,7-12,16-17H2,1-6H3,(H,44,51)(H,45,50,53). The van der Waals surface area contributed by atoms with Gasteiger partial charge >= 0.3 is 24.5 Å². The monoisotopic (exact) mass is 841 g/mol. The van der Waals surface area contributed by atoms with E-state index >= 15 is 13.2 Å². The Kier molecular flexibility index (Phi) is 13.6. The summed E-state index contributed by atoms with van der Waals surface area (Å²) in [5.74, 6) is -5.20. The van der Waals surface area contributed by atoms with E-state index < -0.39 is 135 Å². The third-order valence-electron chi connectivity index (χ3n) is 9.04. The quantitative estimate of drug-likeness (QED) is 0.221. The molecule has 0 bridgehead atoms. The predicted octanol–water partition coefficient (Wildman–Crippen LogP) is 3.20. The van der Waals surface area contributed by atoms with Gasteiger partial charge in [-0.15, -0.1) is 0 Å². The van der Waals surface area contributed by atoms with Gasteiger partial charge in [-0.3, -0.25) is 39.2 Å². The first kappa shape index (κ1) is 45.9. The number of ketones is 1. The molecule has 0 aliphatic carbocycles. The van der Waals surface area contributed by atoms with Crippen LogP contribution in [-0.4, -0.2) is 154 Å². The van der Waals surface area contributed by atoms with Crippen molar-refractivity contribution in [2.24, 2.45) is 0 Å². The first-order valence-corrected chi connectivity index (χ1v) is 18.1. The molecule has 4 rings (SSSR count). The van der Waals surface area contributed by atoms with Crippen LogP contribution in [0.4, 0.5) is 51.7 Å². The van der Waals surface area contributed by atoms with Gasteiger partial charge in [0.2, 0.25) is 23.5 Å². The lowest BCUT2D eigenvalue weighted by Crippen LogP contribution is -2.72. The smallest absolute Gasteiger partial charge is 0.411 e. The Labute approximate surface area is 328 Å². The third-order valence-corrected chi connectivity index (χ3v) is 9.04. The van der Waals surface area contributed by atoms with E-state index in [0.29, 0.717) is 14.7 Å². The van der Waals surface area contributed by atoms with Crippen LogP contribution < -0.4 is 16.0 Å². The van der Waals surface area contributed by atoms with Crippen LogP contribution >= 0.6 is 0 Å². The number of Topliss-reactive ketones (excluding diaryl/α,β-unsaturated/α-hetero) is 1. The maximum absolute atomic E-state index is 15.1. The van der Waals surface area contributed by atoms with Crippen molar-refractivity contribution in [3.8, 4) is 0 Å². The zero-order valence-electron chi connectivity index (χ0n) is 32.4. The van der Waals surface area contributed by atoms with Gasteiger partial charge in [-0.25, -0.2) is 14.0 Å².